The SMILES string of the molecule is O=C(CCc1nc(-c2ccccn2)no1)NC1(C(=O)O)CCCC1. The fourth-order valence-electron chi connectivity index (χ4n) is 2.88. The summed E-state index contributed by atoms with van der Waals surface area (Å²) < 4.78 is 5.11. The number of carbonyl (C=O) groups is 2. The van der Waals surface area contributed by atoms with E-state index in [0.29, 0.717) is 30.3 Å². The fraction of sp³-hybridized carbons (Fsp3) is 0.438. The highest BCUT2D eigenvalue weighted by atomic mass is 16.5. The first-order valence-electron chi connectivity index (χ1n) is 7.87. The lowest BCUT2D eigenvalue weighted by molar-refractivity contribution is -0.147. The van der Waals surface area contributed by atoms with Crippen LogP contribution in [0, 0.1) is 0 Å². The molecule has 0 radical (unpaired) electrons. The summed E-state index contributed by atoms with van der Waals surface area (Å²) in [5, 5.41) is 15.9. The molecule has 126 valence electrons. The molecule has 2 aromatic heterocycles. The lowest BCUT2D eigenvalue weighted by Gasteiger charge is -2.25. The molecule has 0 unspecified atom stereocenters. The Morgan fingerprint density at radius 2 is 2.08 bits per heavy atom. The minimum Gasteiger partial charge on any atom is -0.480 e. The molecule has 0 bridgehead atoms. The van der Waals surface area contributed by atoms with Crippen LogP contribution in [0.1, 0.15) is 38.0 Å². The van der Waals surface area contributed by atoms with E-state index in [-0.39, 0.29) is 18.7 Å². The van der Waals surface area contributed by atoms with Crippen molar-refractivity contribution in [2.24, 2.45) is 0 Å². The van der Waals surface area contributed by atoms with Gasteiger partial charge < -0.3 is 14.9 Å². The first-order valence-corrected chi connectivity index (χ1v) is 7.87. The number of nitrogens with one attached hydrogen (secondary N) is 1. The van der Waals surface area contributed by atoms with Crippen LogP contribution < -0.4 is 5.32 Å². The first kappa shape index (κ1) is 16.1. The molecule has 2 N–H and O–H groups in total. The zero-order valence-electron chi connectivity index (χ0n) is 13.1. The Kier molecular flexibility index (Phi) is 4.54. The van der Waals surface area contributed by atoms with E-state index in [1.165, 1.54) is 0 Å². The summed E-state index contributed by atoms with van der Waals surface area (Å²) in [5.41, 5.74) is -0.529. The molecular weight excluding hydrogens is 312 g/mol. The maximum Gasteiger partial charge on any atom is 0.329 e. The summed E-state index contributed by atoms with van der Waals surface area (Å²) in [4.78, 5) is 31.8. The van der Waals surface area contributed by atoms with Crippen molar-refractivity contribution in [2.45, 2.75) is 44.1 Å². The first-order chi connectivity index (χ1) is 11.6. The second-order valence-corrected chi connectivity index (χ2v) is 5.87. The zero-order valence-corrected chi connectivity index (χ0v) is 13.1. The zero-order chi connectivity index (χ0) is 17.0. The molecule has 3 rings (SSSR count). The standard InChI is InChI=1S/C16H18N4O4/c21-12(19-16(15(22)23)8-2-3-9-16)6-7-13-18-14(20-24-13)11-5-1-4-10-17-11/h1,4-5,10H,2-3,6-9H2,(H,19,21)(H,22,23). The molecule has 1 aliphatic rings. The van der Waals surface area contributed by atoms with Gasteiger partial charge in [-0.2, -0.15) is 4.98 Å². The molecule has 24 heavy (non-hydrogen) atoms. The van der Waals surface area contributed by atoms with E-state index in [9.17, 15) is 14.7 Å². The Morgan fingerprint density at radius 1 is 1.29 bits per heavy atom. The Hall–Kier alpha value is -2.77. The van der Waals surface area contributed by atoms with E-state index < -0.39 is 11.5 Å². The van der Waals surface area contributed by atoms with Crippen molar-refractivity contribution < 1.29 is 19.2 Å². The number of hydrogen-bond donors (Lipinski definition) is 2. The van der Waals surface area contributed by atoms with Crippen LogP contribution in [0.15, 0.2) is 28.9 Å². The van der Waals surface area contributed by atoms with Gasteiger partial charge in [-0.1, -0.05) is 24.1 Å². The number of carboxylic acids is 1. The summed E-state index contributed by atoms with van der Waals surface area (Å²) in [7, 11) is 0. The van der Waals surface area contributed by atoms with Crippen molar-refractivity contribution in [3.63, 3.8) is 0 Å². The second kappa shape index (κ2) is 6.77. The highest BCUT2D eigenvalue weighted by molar-refractivity contribution is 5.87. The Labute approximate surface area is 138 Å². The minimum absolute atomic E-state index is 0.0961. The van der Waals surface area contributed by atoms with E-state index in [1.807, 2.05) is 6.07 Å². The molecule has 1 aliphatic carbocycles. The van der Waals surface area contributed by atoms with Gasteiger partial charge in [-0.05, 0) is 25.0 Å². The van der Waals surface area contributed by atoms with Gasteiger partial charge in [0.1, 0.15) is 11.2 Å². The summed E-state index contributed by atoms with van der Waals surface area (Å²) in [6.07, 6.45) is 4.54. The predicted molar refractivity (Wildman–Crippen MR) is 82.8 cm³/mol. The van der Waals surface area contributed by atoms with Crippen molar-refractivity contribution in [1.29, 1.82) is 0 Å². The monoisotopic (exact) mass is 330 g/mol. The molecule has 0 saturated heterocycles. The van der Waals surface area contributed by atoms with Crippen LogP contribution in [-0.2, 0) is 16.0 Å². The van der Waals surface area contributed by atoms with Gasteiger partial charge in [0.2, 0.25) is 17.6 Å². The van der Waals surface area contributed by atoms with Crippen LogP contribution in [0.4, 0.5) is 0 Å². The molecule has 2 heterocycles. The number of carbonyl (C=O) groups excluding carboxylic acids is 1. The van der Waals surface area contributed by atoms with Crippen molar-refractivity contribution in [1.82, 2.24) is 20.4 Å². The van der Waals surface area contributed by atoms with Gasteiger partial charge in [-0.3, -0.25) is 9.78 Å². The molecule has 0 atom stereocenters. The molecule has 2 aromatic rings. The fourth-order valence-corrected chi connectivity index (χ4v) is 2.88. The van der Waals surface area contributed by atoms with Crippen LogP contribution >= 0.6 is 0 Å². The van der Waals surface area contributed by atoms with E-state index >= 15 is 0 Å². The minimum atomic E-state index is -1.12. The number of amides is 1. The number of hydrogen-bond acceptors (Lipinski definition) is 6. The number of carboxylic acid groups (broad SMARTS) is 1. The second-order valence-electron chi connectivity index (χ2n) is 5.87. The van der Waals surface area contributed by atoms with Crippen molar-refractivity contribution in [2.75, 3.05) is 0 Å². The summed E-state index contributed by atoms with van der Waals surface area (Å²) in [6, 6.07) is 5.37. The van der Waals surface area contributed by atoms with Gasteiger partial charge >= 0.3 is 5.97 Å². The molecule has 8 heteroatoms. The highest BCUT2D eigenvalue weighted by Crippen LogP contribution is 2.30. The van der Waals surface area contributed by atoms with E-state index in [0.717, 1.165) is 12.8 Å². The molecule has 8 nitrogen and oxygen atoms in total. The molecule has 1 saturated carbocycles. The lowest BCUT2D eigenvalue weighted by Crippen LogP contribution is -2.52. The highest BCUT2D eigenvalue weighted by Gasteiger charge is 2.42. The molecule has 1 fully saturated rings. The van der Waals surface area contributed by atoms with E-state index in [1.54, 1.807) is 18.3 Å². The van der Waals surface area contributed by atoms with Gasteiger partial charge in [0.05, 0.1) is 0 Å². The molecule has 0 aliphatic heterocycles. The summed E-state index contributed by atoms with van der Waals surface area (Å²) >= 11 is 0. The van der Waals surface area contributed by atoms with E-state index in [2.05, 4.69) is 20.4 Å². The van der Waals surface area contributed by atoms with Crippen LogP contribution in [-0.4, -0.2) is 37.6 Å². The van der Waals surface area contributed by atoms with Crippen LogP contribution in [0.5, 0.6) is 0 Å². The number of aromatic nitrogens is 3. The molecule has 1 amide bonds. The van der Waals surface area contributed by atoms with Gasteiger partial charge in [-0.25, -0.2) is 4.79 Å². The largest absolute Gasteiger partial charge is 0.480 e. The van der Waals surface area contributed by atoms with E-state index in [4.69, 9.17) is 4.52 Å². The average Bonchev–Trinajstić information content (AvgIpc) is 3.24. The third-order valence-electron chi connectivity index (χ3n) is 4.17. The Bertz CT molecular complexity index is 723. The maximum absolute atomic E-state index is 12.1. The number of pyridine rings is 1. The van der Waals surface area contributed by atoms with Crippen molar-refractivity contribution >= 4 is 11.9 Å². The molecular formula is C16H18N4O4. The third-order valence-corrected chi connectivity index (χ3v) is 4.17. The Balaban J connectivity index is 1.57. The summed E-state index contributed by atoms with van der Waals surface area (Å²) in [5.74, 6) is -0.606. The van der Waals surface area contributed by atoms with Crippen LogP contribution in [0.2, 0.25) is 0 Å². The predicted octanol–water partition coefficient (Wildman–Crippen LogP) is 1.58. The number of rotatable bonds is 6. The van der Waals surface area contributed by atoms with Gasteiger partial charge in [0.25, 0.3) is 0 Å². The maximum atomic E-state index is 12.1. The van der Waals surface area contributed by atoms with Crippen LogP contribution in [0.3, 0.4) is 0 Å². The quantitative estimate of drug-likeness (QED) is 0.825. The normalized spacial score (nSPS) is 16.0. The Morgan fingerprint density at radius 3 is 2.75 bits per heavy atom. The van der Waals surface area contributed by atoms with Gasteiger partial charge in [0.15, 0.2) is 0 Å². The molecule has 0 aromatic carbocycles. The smallest absolute Gasteiger partial charge is 0.329 e. The molecule has 0 spiro atoms. The third kappa shape index (κ3) is 3.42. The number of nitrogens with zero attached hydrogens (tertiary/aromatic N) is 3. The lowest BCUT2D eigenvalue weighted by atomic mass is 9.97. The van der Waals surface area contributed by atoms with Gasteiger partial charge in [-0.15, -0.1) is 0 Å². The number of aliphatic carboxylic acids is 1. The number of aryl methyl sites for hydroxylation is 1. The van der Waals surface area contributed by atoms with Crippen molar-refractivity contribution in [3.8, 4) is 11.5 Å². The topological polar surface area (TPSA) is 118 Å². The average molecular weight is 330 g/mol. The van der Waals surface area contributed by atoms with Crippen LogP contribution in [0.25, 0.3) is 11.5 Å². The summed E-state index contributed by atoms with van der Waals surface area (Å²) in [6.45, 7) is 0. The van der Waals surface area contributed by atoms with Crippen molar-refractivity contribution in [3.05, 3.63) is 30.3 Å². The van der Waals surface area contributed by atoms with Gasteiger partial charge in [0, 0.05) is 19.0 Å².